The standard InChI is InChI=1S/C50H41BN5.Pt/c1-36-30-37(2)48(38(3)31-36)51(42-24-16-28-45(32-42)55-34-47(39-18-8-4-9-19-39)49(52-55)40-20-10-5-11-21-40)43-25-17-29-46(33-43)56-35-54(44-26-14-7-15-27-44)50(53-56)41-22-12-6-13-23-41;/h4-20,22-31,34-35,40H,21H2,1-3H3;/q-3;/t40-;/m1./s1. The average molecular weight is 918 g/mol. The fraction of sp³-hybridized carbons (Fsp3) is 0.100. The molecule has 5 nitrogen and oxygen atoms in total. The molecule has 1 aliphatic heterocycles. The molecule has 0 radical (unpaired) electrons. The summed E-state index contributed by atoms with van der Waals surface area (Å²) in [5, 5.41) is 12.4. The van der Waals surface area contributed by atoms with Crippen molar-refractivity contribution in [3.8, 4) is 16.8 Å². The third-order valence-corrected chi connectivity index (χ3v) is 10.6. The van der Waals surface area contributed by atoms with Crippen LogP contribution in [0.5, 0.6) is 0 Å². The Bertz CT molecular complexity index is 2570. The molecule has 1 aromatic heterocycles. The van der Waals surface area contributed by atoms with Crippen molar-refractivity contribution in [1.82, 2.24) is 9.78 Å². The quantitative estimate of drug-likeness (QED) is 0.107. The molecule has 0 fully saturated rings. The molecule has 7 aromatic rings. The number of rotatable bonds is 9. The van der Waals surface area contributed by atoms with Crippen molar-refractivity contribution < 1.29 is 21.1 Å². The van der Waals surface area contributed by atoms with E-state index < -0.39 is 0 Å². The Morgan fingerprint density at radius 2 is 1.30 bits per heavy atom. The van der Waals surface area contributed by atoms with Crippen molar-refractivity contribution in [2.45, 2.75) is 33.1 Å². The number of hydrogen-bond acceptors (Lipinski definition) is 4. The summed E-state index contributed by atoms with van der Waals surface area (Å²) < 4.78 is 2.01. The van der Waals surface area contributed by atoms with Gasteiger partial charge in [0, 0.05) is 50.0 Å². The number of benzene rings is 6. The van der Waals surface area contributed by atoms with Crippen LogP contribution in [0.3, 0.4) is 0 Å². The third-order valence-electron chi connectivity index (χ3n) is 10.6. The summed E-state index contributed by atoms with van der Waals surface area (Å²) in [6.07, 6.45) is 11.8. The van der Waals surface area contributed by atoms with Crippen LogP contribution >= 0.6 is 0 Å². The topological polar surface area (TPSA) is 36.7 Å². The van der Waals surface area contributed by atoms with Crippen LogP contribution in [0.4, 0.5) is 11.4 Å². The molecular weight excluding hydrogens is 876 g/mol. The van der Waals surface area contributed by atoms with E-state index in [0.29, 0.717) is 0 Å². The smallest absolute Gasteiger partial charge is 0.192 e. The van der Waals surface area contributed by atoms with Crippen LogP contribution in [0, 0.1) is 39.6 Å². The molecule has 0 spiro atoms. The van der Waals surface area contributed by atoms with Crippen LogP contribution < -0.4 is 26.3 Å². The predicted octanol–water partition coefficient (Wildman–Crippen LogP) is 8.99. The van der Waals surface area contributed by atoms with Gasteiger partial charge in [-0.05, 0) is 50.6 Å². The zero-order valence-electron chi connectivity index (χ0n) is 32.2. The number of hydrogen-bond donors (Lipinski definition) is 0. The maximum absolute atomic E-state index is 5.27. The van der Waals surface area contributed by atoms with E-state index in [9.17, 15) is 0 Å². The minimum Gasteiger partial charge on any atom is -0.456 e. The number of allylic oxidation sites excluding steroid dienone is 4. The third kappa shape index (κ3) is 7.75. The van der Waals surface area contributed by atoms with Gasteiger partial charge < -0.3 is 9.91 Å². The fourth-order valence-corrected chi connectivity index (χ4v) is 8.10. The van der Waals surface area contributed by atoms with Gasteiger partial charge in [-0.2, -0.15) is 57.5 Å². The molecule has 1 atom stereocenters. The second-order valence-corrected chi connectivity index (χ2v) is 14.6. The van der Waals surface area contributed by atoms with Gasteiger partial charge >= 0.3 is 0 Å². The van der Waals surface area contributed by atoms with Gasteiger partial charge in [0.15, 0.2) is 6.71 Å². The van der Waals surface area contributed by atoms with Crippen LogP contribution in [-0.4, -0.2) is 22.3 Å². The second kappa shape index (κ2) is 16.6. The number of nitrogens with zero attached hydrogens (tertiary/aromatic N) is 5. The van der Waals surface area contributed by atoms with Crippen molar-refractivity contribution in [3.05, 3.63) is 217 Å². The van der Waals surface area contributed by atoms with E-state index in [1.165, 1.54) is 22.2 Å². The van der Waals surface area contributed by atoms with Gasteiger partial charge in [-0.1, -0.05) is 143 Å². The van der Waals surface area contributed by atoms with Crippen LogP contribution in [0.25, 0.3) is 16.8 Å². The Morgan fingerprint density at radius 1 is 0.684 bits per heavy atom. The van der Waals surface area contributed by atoms with E-state index in [1.807, 2.05) is 28.5 Å². The summed E-state index contributed by atoms with van der Waals surface area (Å²) in [6.45, 7) is 8.51. The van der Waals surface area contributed by atoms with Crippen LogP contribution in [0.15, 0.2) is 175 Å². The number of aromatic nitrogens is 2. The summed E-state index contributed by atoms with van der Waals surface area (Å²) in [5.41, 5.74) is 14.3. The maximum atomic E-state index is 5.27. The molecule has 7 heteroatoms. The van der Waals surface area contributed by atoms with E-state index >= 15 is 0 Å². The van der Waals surface area contributed by atoms with Crippen molar-refractivity contribution in [2.24, 2.45) is 5.10 Å². The number of anilines is 2. The molecule has 9 rings (SSSR count). The van der Waals surface area contributed by atoms with Gasteiger partial charge in [-0.3, -0.25) is 4.68 Å². The first kappa shape index (κ1) is 37.9. The van der Waals surface area contributed by atoms with Crippen LogP contribution in [0.1, 0.15) is 40.3 Å². The van der Waals surface area contributed by atoms with Crippen molar-refractivity contribution in [2.75, 3.05) is 9.91 Å². The first-order valence-electron chi connectivity index (χ1n) is 19.2. The first-order chi connectivity index (χ1) is 27.5. The summed E-state index contributed by atoms with van der Waals surface area (Å²) in [7, 11) is 0. The average Bonchev–Trinajstić information content (AvgIpc) is 3.90. The number of para-hydroxylation sites is 1. The zero-order valence-corrected chi connectivity index (χ0v) is 34.4. The number of hydrazone groups is 1. The van der Waals surface area contributed by atoms with Gasteiger partial charge in [0.1, 0.15) is 5.84 Å². The van der Waals surface area contributed by atoms with E-state index in [2.05, 4.69) is 196 Å². The molecule has 57 heavy (non-hydrogen) atoms. The largest absolute Gasteiger partial charge is 0.456 e. The number of aryl methyl sites for hydroxylation is 3. The monoisotopic (exact) mass is 917 g/mol. The van der Waals surface area contributed by atoms with Crippen molar-refractivity contribution >= 4 is 40.3 Å². The van der Waals surface area contributed by atoms with Crippen molar-refractivity contribution in [3.63, 3.8) is 0 Å². The summed E-state index contributed by atoms with van der Waals surface area (Å²) in [4.78, 5) is 2.14. The van der Waals surface area contributed by atoms with Gasteiger partial charge in [0.05, 0.1) is 5.69 Å². The molecule has 0 saturated heterocycles. The van der Waals surface area contributed by atoms with E-state index in [1.54, 1.807) is 0 Å². The Hall–Kier alpha value is -5.97. The van der Waals surface area contributed by atoms with Gasteiger partial charge in [0.25, 0.3) is 0 Å². The molecule has 6 aromatic carbocycles. The molecule has 2 aliphatic rings. The Balaban J connectivity index is 0.00000455. The zero-order chi connectivity index (χ0) is 38.0. The molecular formula is C50H41BN5Pt-3. The molecule has 0 amide bonds. The van der Waals surface area contributed by atoms with E-state index in [0.717, 1.165) is 62.6 Å². The molecule has 0 bridgehead atoms. The van der Waals surface area contributed by atoms with Gasteiger partial charge in [-0.15, -0.1) is 18.8 Å². The minimum atomic E-state index is -0.143. The molecule has 2 heterocycles. The SMILES string of the molecule is Cc1cc(C)c(B(c2[c-]c(N3[CH-]N(c4ccccc4)C(c4ccccc4)=N3)ccc2)c2[c-]c(-n3cc(-c4ccccc4)c([C@@H]4C=CC=CC4)n3)ccc2)c(C)c1.[Pt]. The maximum Gasteiger partial charge on any atom is 0.192 e. The second-order valence-electron chi connectivity index (χ2n) is 14.6. The Kier molecular flexibility index (Phi) is 11.1. The molecule has 1 aliphatic carbocycles. The van der Waals surface area contributed by atoms with E-state index in [4.69, 9.17) is 10.2 Å². The van der Waals surface area contributed by atoms with Crippen LogP contribution in [-0.2, 0) is 21.1 Å². The Labute approximate surface area is 351 Å². The van der Waals surface area contributed by atoms with Crippen molar-refractivity contribution in [1.29, 1.82) is 0 Å². The fourth-order valence-electron chi connectivity index (χ4n) is 8.10. The molecule has 0 N–H and O–H groups in total. The molecule has 282 valence electrons. The van der Waals surface area contributed by atoms with Crippen LogP contribution in [0.2, 0.25) is 0 Å². The summed E-state index contributed by atoms with van der Waals surface area (Å²) in [5.74, 6) is 1.06. The molecule has 0 saturated carbocycles. The van der Waals surface area contributed by atoms with Gasteiger partial charge in [0.2, 0.25) is 0 Å². The number of amidine groups is 1. The molecule has 0 unspecified atom stereocenters. The van der Waals surface area contributed by atoms with E-state index in [-0.39, 0.29) is 33.7 Å². The minimum absolute atomic E-state index is 0. The summed E-state index contributed by atoms with van der Waals surface area (Å²) >= 11 is 0. The Morgan fingerprint density at radius 3 is 1.95 bits per heavy atom. The predicted molar refractivity (Wildman–Crippen MR) is 233 cm³/mol. The normalized spacial score (nSPS) is 14.7. The first-order valence-corrected chi connectivity index (χ1v) is 19.2. The summed E-state index contributed by atoms with van der Waals surface area (Å²) in [6, 6.07) is 56.3. The van der Waals surface area contributed by atoms with Gasteiger partial charge in [-0.25, -0.2) is 0 Å².